The van der Waals surface area contributed by atoms with Crippen LogP contribution >= 0.6 is 0 Å². The molecule has 1 aromatic heterocycles. The Kier molecular flexibility index (Phi) is 3.52. The van der Waals surface area contributed by atoms with Gasteiger partial charge in [-0.3, -0.25) is 0 Å². The highest BCUT2D eigenvalue weighted by atomic mass is 16.5. The lowest BCUT2D eigenvalue weighted by atomic mass is 10.3. The molecule has 0 amide bonds. The number of hydrogen-bond acceptors (Lipinski definition) is 4. The topological polar surface area (TPSA) is 71.7 Å². The average Bonchev–Trinajstić information content (AvgIpc) is 2.78. The van der Waals surface area contributed by atoms with E-state index in [1.807, 2.05) is 31.2 Å². The summed E-state index contributed by atoms with van der Waals surface area (Å²) in [4.78, 5) is 10.7. The van der Waals surface area contributed by atoms with E-state index in [0.29, 0.717) is 12.5 Å². The van der Waals surface area contributed by atoms with Crippen LogP contribution in [0.4, 0.5) is 11.6 Å². The van der Waals surface area contributed by atoms with Crippen LogP contribution in [0, 0.1) is 0 Å². The minimum absolute atomic E-state index is 0.0986. The molecule has 0 atom stereocenters. The number of carbonyl (C=O) groups is 1. The van der Waals surface area contributed by atoms with Crippen molar-refractivity contribution in [3.8, 4) is 5.75 Å². The first-order valence-electron chi connectivity index (χ1n) is 5.52. The van der Waals surface area contributed by atoms with Gasteiger partial charge in [-0.05, 0) is 25.1 Å². The molecule has 94 valence electrons. The Morgan fingerprint density at radius 3 is 2.89 bits per heavy atom. The van der Waals surface area contributed by atoms with Crippen molar-refractivity contribution < 1.29 is 19.1 Å². The molecule has 5 nitrogen and oxygen atoms in total. The van der Waals surface area contributed by atoms with E-state index in [1.165, 1.54) is 6.07 Å². The zero-order valence-electron chi connectivity index (χ0n) is 9.84. The van der Waals surface area contributed by atoms with Gasteiger partial charge in [-0.1, -0.05) is 6.07 Å². The third-order valence-electron chi connectivity index (χ3n) is 2.23. The van der Waals surface area contributed by atoms with E-state index in [2.05, 4.69) is 5.32 Å². The number of aromatic carboxylic acids is 1. The van der Waals surface area contributed by atoms with E-state index in [0.717, 1.165) is 11.4 Å². The molecule has 1 aromatic carbocycles. The number of anilines is 2. The average molecular weight is 247 g/mol. The highest BCUT2D eigenvalue weighted by Gasteiger charge is 2.08. The van der Waals surface area contributed by atoms with Crippen molar-refractivity contribution in [2.75, 3.05) is 11.9 Å². The van der Waals surface area contributed by atoms with Crippen LogP contribution in [0.25, 0.3) is 0 Å². The summed E-state index contributed by atoms with van der Waals surface area (Å²) in [5.41, 5.74) is 0.771. The number of hydrogen-bond donors (Lipinski definition) is 2. The van der Waals surface area contributed by atoms with Crippen molar-refractivity contribution in [1.82, 2.24) is 0 Å². The molecular weight excluding hydrogens is 234 g/mol. The fraction of sp³-hybridized carbons (Fsp3) is 0.154. The van der Waals surface area contributed by atoms with Crippen LogP contribution in [0.1, 0.15) is 17.5 Å². The van der Waals surface area contributed by atoms with Gasteiger partial charge in [-0.15, -0.1) is 0 Å². The van der Waals surface area contributed by atoms with Crippen LogP contribution < -0.4 is 10.1 Å². The van der Waals surface area contributed by atoms with Crippen molar-refractivity contribution in [2.45, 2.75) is 6.92 Å². The predicted molar refractivity (Wildman–Crippen MR) is 66.6 cm³/mol. The Labute approximate surface area is 104 Å². The molecule has 0 radical (unpaired) electrons. The molecule has 2 rings (SSSR count). The second-order valence-corrected chi connectivity index (χ2v) is 3.55. The molecule has 1 heterocycles. The van der Waals surface area contributed by atoms with Gasteiger partial charge in [0.15, 0.2) is 5.88 Å². The van der Waals surface area contributed by atoms with Crippen LogP contribution in [-0.4, -0.2) is 17.7 Å². The lowest BCUT2D eigenvalue weighted by molar-refractivity contribution is 0.0663. The van der Waals surface area contributed by atoms with Crippen LogP contribution in [0.2, 0.25) is 0 Å². The molecule has 0 saturated carbocycles. The number of ether oxygens (including phenoxy) is 1. The lowest BCUT2D eigenvalue weighted by Gasteiger charge is -2.06. The molecule has 0 aliphatic carbocycles. The summed E-state index contributed by atoms with van der Waals surface area (Å²) in [6, 6.07) is 10.3. The minimum Gasteiger partial charge on any atom is -0.494 e. The van der Waals surface area contributed by atoms with E-state index < -0.39 is 5.97 Å². The summed E-state index contributed by atoms with van der Waals surface area (Å²) in [7, 11) is 0. The molecule has 2 aromatic rings. The van der Waals surface area contributed by atoms with Gasteiger partial charge in [0.25, 0.3) is 0 Å². The molecule has 2 N–H and O–H groups in total. The molecule has 0 fully saturated rings. The molecule has 0 unspecified atom stereocenters. The van der Waals surface area contributed by atoms with Crippen molar-refractivity contribution in [1.29, 1.82) is 0 Å². The highest BCUT2D eigenvalue weighted by molar-refractivity contribution is 5.85. The van der Waals surface area contributed by atoms with E-state index in [1.54, 1.807) is 6.07 Å². The fourth-order valence-electron chi connectivity index (χ4n) is 1.49. The zero-order valence-corrected chi connectivity index (χ0v) is 9.84. The van der Waals surface area contributed by atoms with Crippen molar-refractivity contribution in [3.05, 3.63) is 42.2 Å². The molecular formula is C13H13NO4. The van der Waals surface area contributed by atoms with Crippen LogP contribution in [0.5, 0.6) is 5.75 Å². The first kappa shape index (κ1) is 12.0. The third-order valence-corrected chi connectivity index (χ3v) is 2.23. The minimum atomic E-state index is -1.09. The Hall–Kier alpha value is -2.43. The number of benzene rings is 1. The highest BCUT2D eigenvalue weighted by Crippen LogP contribution is 2.23. The Bertz CT molecular complexity index is 547. The third kappa shape index (κ3) is 2.82. The molecule has 0 bridgehead atoms. The molecule has 18 heavy (non-hydrogen) atoms. The summed E-state index contributed by atoms with van der Waals surface area (Å²) in [6.07, 6.45) is 0. The molecule has 0 saturated heterocycles. The predicted octanol–water partition coefficient (Wildman–Crippen LogP) is 3.12. The second kappa shape index (κ2) is 5.27. The first-order valence-corrected chi connectivity index (χ1v) is 5.52. The zero-order chi connectivity index (χ0) is 13.0. The summed E-state index contributed by atoms with van der Waals surface area (Å²) in [5.74, 6) is -0.0712. The summed E-state index contributed by atoms with van der Waals surface area (Å²) in [6.45, 7) is 2.50. The van der Waals surface area contributed by atoms with Crippen molar-refractivity contribution >= 4 is 17.5 Å². The SMILES string of the molecule is CCOc1cccc(Nc2ccc(C(=O)O)o2)c1. The van der Waals surface area contributed by atoms with Gasteiger partial charge in [-0.2, -0.15) is 0 Å². The summed E-state index contributed by atoms with van der Waals surface area (Å²) >= 11 is 0. The summed E-state index contributed by atoms with van der Waals surface area (Å²) in [5, 5.41) is 11.7. The van der Waals surface area contributed by atoms with Gasteiger partial charge in [0.2, 0.25) is 5.76 Å². The quantitative estimate of drug-likeness (QED) is 0.849. The number of carboxylic acids is 1. The molecule has 0 aliphatic heterocycles. The van der Waals surface area contributed by atoms with E-state index in [9.17, 15) is 4.79 Å². The van der Waals surface area contributed by atoms with E-state index in [-0.39, 0.29) is 5.76 Å². The normalized spacial score (nSPS) is 10.1. The van der Waals surface area contributed by atoms with Gasteiger partial charge >= 0.3 is 5.97 Å². The van der Waals surface area contributed by atoms with Gasteiger partial charge in [-0.25, -0.2) is 4.79 Å². The Morgan fingerprint density at radius 2 is 2.22 bits per heavy atom. The number of nitrogens with one attached hydrogen (secondary N) is 1. The lowest BCUT2D eigenvalue weighted by Crippen LogP contribution is -1.94. The second-order valence-electron chi connectivity index (χ2n) is 3.55. The smallest absolute Gasteiger partial charge is 0.371 e. The van der Waals surface area contributed by atoms with Crippen LogP contribution in [-0.2, 0) is 0 Å². The maximum atomic E-state index is 10.7. The number of carboxylic acid groups (broad SMARTS) is 1. The number of rotatable bonds is 5. The maximum Gasteiger partial charge on any atom is 0.371 e. The van der Waals surface area contributed by atoms with Gasteiger partial charge < -0.3 is 19.6 Å². The van der Waals surface area contributed by atoms with E-state index in [4.69, 9.17) is 14.3 Å². The maximum absolute atomic E-state index is 10.7. The van der Waals surface area contributed by atoms with Gasteiger partial charge in [0.05, 0.1) is 6.61 Å². The van der Waals surface area contributed by atoms with Crippen LogP contribution in [0.15, 0.2) is 40.8 Å². The van der Waals surface area contributed by atoms with Crippen LogP contribution in [0.3, 0.4) is 0 Å². The number of furan rings is 1. The molecule has 0 aliphatic rings. The van der Waals surface area contributed by atoms with Crippen molar-refractivity contribution in [2.24, 2.45) is 0 Å². The molecule has 5 heteroatoms. The van der Waals surface area contributed by atoms with Crippen molar-refractivity contribution in [3.63, 3.8) is 0 Å². The Balaban J connectivity index is 2.12. The fourth-order valence-corrected chi connectivity index (χ4v) is 1.49. The van der Waals surface area contributed by atoms with Gasteiger partial charge in [0, 0.05) is 17.8 Å². The Morgan fingerprint density at radius 1 is 1.39 bits per heavy atom. The standard InChI is InChI=1S/C13H13NO4/c1-2-17-10-5-3-4-9(8-10)14-12-7-6-11(18-12)13(15)16/h3-8,14H,2H2,1H3,(H,15,16). The first-order chi connectivity index (χ1) is 8.69. The monoisotopic (exact) mass is 247 g/mol. The van der Waals surface area contributed by atoms with Gasteiger partial charge in [0.1, 0.15) is 5.75 Å². The largest absolute Gasteiger partial charge is 0.494 e. The molecule has 0 spiro atoms. The van der Waals surface area contributed by atoms with E-state index >= 15 is 0 Å². The summed E-state index contributed by atoms with van der Waals surface area (Å²) < 4.78 is 10.5.